The summed E-state index contributed by atoms with van der Waals surface area (Å²) in [5.74, 6) is 0.866. The van der Waals surface area contributed by atoms with Gasteiger partial charge in [-0.1, -0.05) is 35.3 Å². The van der Waals surface area contributed by atoms with Crippen LogP contribution in [0.1, 0.15) is 35.2 Å². The summed E-state index contributed by atoms with van der Waals surface area (Å²) < 4.78 is 6.17. The Morgan fingerprint density at radius 2 is 1.94 bits per heavy atom. The summed E-state index contributed by atoms with van der Waals surface area (Å²) in [7, 11) is 0. The molecule has 2 heterocycles. The second-order valence-corrected chi connectivity index (χ2v) is 9.17. The van der Waals surface area contributed by atoms with Crippen LogP contribution >= 0.6 is 23.2 Å². The summed E-state index contributed by atoms with van der Waals surface area (Å²) in [4.78, 5) is 14.9. The van der Waals surface area contributed by atoms with E-state index in [1.54, 1.807) is 18.2 Å². The van der Waals surface area contributed by atoms with E-state index >= 15 is 0 Å². The molecule has 0 bridgehead atoms. The van der Waals surface area contributed by atoms with Crippen molar-refractivity contribution in [3.05, 3.63) is 63.6 Å². The third-order valence-electron chi connectivity index (χ3n) is 5.99. The van der Waals surface area contributed by atoms with Gasteiger partial charge in [-0.3, -0.25) is 4.79 Å². The van der Waals surface area contributed by atoms with E-state index in [2.05, 4.69) is 39.8 Å². The number of hydrogen-bond acceptors (Lipinski definition) is 4. The van der Waals surface area contributed by atoms with Crippen molar-refractivity contribution in [3.8, 4) is 5.75 Å². The van der Waals surface area contributed by atoms with E-state index < -0.39 is 0 Å². The molecule has 2 aromatic rings. The lowest BCUT2D eigenvalue weighted by molar-refractivity contribution is 0.0937. The van der Waals surface area contributed by atoms with Gasteiger partial charge in [-0.15, -0.1) is 0 Å². The minimum Gasteiger partial charge on any atom is -0.490 e. The number of nitrogens with zero attached hydrogens (tertiary/aromatic N) is 1. The summed E-state index contributed by atoms with van der Waals surface area (Å²) >= 11 is 12.0. The molecule has 166 valence electrons. The molecule has 2 N–H and O–H groups in total. The number of likely N-dealkylation sites (tertiary alicyclic amines) is 1. The van der Waals surface area contributed by atoms with E-state index in [9.17, 15) is 4.79 Å². The second kappa shape index (κ2) is 10.7. The van der Waals surface area contributed by atoms with E-state index in [-0.39, 0.29) is 11.9 Å². The molecule has 0 aliphatic carbocycles. The monoisotopic (exact) mass is 461 g/mol. The largest absolute Gasteiger partial charge is 0.490 e. The lowest BCUT2D eigenvalue weighted by Crippen LogP contribution is -2.37. The number of piperidine rings is 1. The van der Waals surface area contributed by atoms with Gasteiger partial charge in [0.2, 0.25) is 0 Å². The summed E-state index contributed by atoms with van der Waals surface area (Å²) in [6.07, 6.45) is 4.36. The van der Waals surface area contributed by atoms with E-state index in [1.807, 2.05) is 0 Å². The SMILES string of the molecule is O=C(NC1CCN(CCc2cccc(OC3CCNCC3)c2)C1)c1ccc(Cl)c(Cl)c1. The van der Waals surface area contributed by atoms with E-state index in [4.69, 9.17) is 27.9 Å². The third-order valence-corrected chi connectivity index (χ3v) is 6.73. The van der Waals surface area contributed by atoms with E-state index in [1.165, 1.54) is 5.56 Å². The number of rotatable bonds is 7. The molecule has 0 saturated carbocycles. The number of nitrogens with one attached hydrogen (secondary N) is 2. The van der Waals surface area contributed by atoms with E-state index in [0.29, 0.717) is 21.7 Å². The normalized spacial score (nSPS) is 20.0. The highest BCUT2D eigenvalue weighted by atomic mass is 35.5. The Balaban J connectivity index is 1.23. The minimum atomic E-state index is -0.104. The number of carbonyl (C=O) groups is 1. The van der Waals surface area contributed by atoms with Crippen molar-refractivity contribution in [2.45, 2.75) is 37.8 Å². The molecule has 0 radical (unpaired) electrons. The lowest BCUT2D eigenvalue weighted by atomic mass is 10.1. The summed E-state index contributed by atoms with van der Waals surface area (Å²) in [6.45, 7) is 4.87. The molecule has 2 aliphatic rings. The molecule has 2 aromatic carbocycles. The molecule has 1 unspecified atom stereocenters. The number of hydrogen-bond donors (Lipinski definition) is 2. The quantitative estimate of drug-likeness (QED) is 0.649. The molecule has 4 rings (SSSR count). The lowest BCUT2D eigenvalue weighted by Gasteiger charge is -2.24. The summed E-state index contributed by atoms with van der Waals surface area (Å²) in [5.41, 5.74) is 1.83. The van der Waals surface area contributed by atoms with Crippen molar-refractivity contribution >= 4 is 29.1 Å². The first-order valence-corrected chi connectivity index (χ1v) is 11.8. The average molecular weight is 462 g/mol. The van der Waals surface area contributed by atoms with Crippen LogP contribution in [-0.4, -0.2) is 55.7 Å². The van der Waals surface area contributed by atoms with Crippen molar-refractivity contribution in [2.75, 3.05) is 32.7 Å². The van der Waals surface area contributed by atoms with Gasteiger partial charge in [0.25, 0.3) is 5.91 Å². The first kappa shape index (κ1) is 22.4. The Hall–Kier alpha value is -1.79. The maximum Gasteiger partial charge on any atom is 0.251 e. The molecule has 0 spiro atoms. The highest BCUT2D eigenvalue weighted by Gasteiger charge is 2.24. The summed E-state index contributed by atoms with van der Waals surface area (Å²) in [5, 5.41) is 7.34. The molecule has 1 amide bonds. The molecule has 2 aliphatic heterocycles. The average Bonchev–Trinajstić information content (AvgIpc) is 3.22. The highest BCUT2D eigenvalue weighted by molar-refractivity contribution is 6.42. The van der Waals surface area contributed by atoms with Gasteiger partial charge in [-0.2, -0.15) is 0 Å². The molecule has 2 saturated heterocycles. The van der Waals surface area contributed by atoms with Crippen molar-refractivity contribution < 1.29 is 9.53 Å². The van der Waals surface area contributed by atoms with Gasteiger partial charge in [0.05, 0.1) is 10.0 Å². The van der Waals surface area contributed by atoms with Crippen LogP contribution in [0.15, 0.2) is 42.5 Å². The Morgan fingerprint density at radius 1 is 1.10 bits per heavy atom. The summed E-state index contributed by atoms with van der Waals surface area (Å²) in [6, 6.07) is 13.6. The van der Waals surface area contributed by atoms with E-state index in [0.717, 1.165) is 64.2 Å². The van der Waals surface area contributed by atoms with Crippen LogP contribution in [0, 0.1) is 0 Å². The number of carbonyl (C=O) groups excluding carboxylic acids is 1. The van der Waals surface area contributed by atoms with Crippen LogP contribution in [-0.2, 0) is 6.42 Å². The maximum atomic E-state index is 12.5. The Kier molecular flexibility index (Phi) is 7.72. The number of benzene rings is 2. The predicted octanol–water partition coefficient (Wildman–Crippen LogP) is 4.17. The van der Waals surface area contributed by atoms with Crippen LogP contribution in [0.5, 0.6) is 5.75 Å². The number of ether oxygens (including phenoxy) is 1. The van der Waals surface area contributed by atoms with Gasteiger partial charge in [0.15, 0.2) is 0 Å². The van der Waals surface area contributed by atoms with Crippen LogP contribution in [0.4, 0.5) is 0 Å². The zero-order valence-corrected chi connectivity index (χ0v) is 19.1. The Labute approximate surface area is 194 Å². The Morgan fingerprint density at radius 3 is 2.74 bits per heavy atom. The molecular formula is C24H29Cl2N3O2. The van der Waals surface area contributed by atoms with Gasteiger partial charge in [-0.25, -0.2) is 0 Å². The molecule has 31 heavy (non-hydrogen) atoms. The van der Waals surface area contributed by atoms with Gasteiger partial charge in [-0.05, 0) is 74.7 Å². The Bertz CT molecular complexity index is 902. The first-order valence-electron chi connectivity index (χ1n) is 11.0. The standard InChI is InChI=1S/C24H29Cl2N3O2/c25-22-5-4-18(15-23(22)26)24(30)28-19-9-13-29(16-19)12-8-17-2-1-3-21(14-17)31-20-6-10-27-11-7-20/h1-5,14-15,19-20,27H,6-13,16H2,(H,28,30). The first-order chi connectivity index (χ1) is 15.1. The van der Waals surface area contributed by atoms with Crippen LogP contribution in [0.25, 0.3) is 0 Å². The predicted molar refractivity (Wildman–Crippen MR) is 125 cm³/mol. The third kappa shape index (κ3) is 6.36. The molecule has 2 fully saturated rings. The highest BCUT2D eigenvalue weighted by Crippen LogP contribution is 2.23. The van der Waals surface area contributed by atoms with Crippen molar-refractivity contribution in [1.29, 1.82) is 0 Å². The minimum absolute atomic E-state index is 0.104. The fourth-order valence-electron chi connectivity index (χ4n) is 4.23. The van der Waals surface area contributed by atoms with Crippen molar-refractivity contribution in [2.24, 2.45) is 0 Å². The molecular weight excluding hydrogens is 433 g/mol. The number of halogens is 2. The van der Waals surface area contributed by atoms with Gasteiger partial charge < -0.3 is 20.3 Å². The topological polar surface area (TPSA) is 53.6 Å². The smallest absolute Gasteiger partial charge is 0.251 e. The van der Waals surface area contributed by atoms with Crippen LogP contribution in [0.2, 0.25) is 10.0 Å². The number of amides is 1. The van der Waals surface area contributed by atoms with Crippen LogP contribution in [0.3, 0.4) is 0 Å². The molecule has 7 heteroatoms. The molecule has 0 aromatic heterocycles. The maximum absolute atomic E-state index is 12.5. The van der Waals surface area contributed by atoms with Gasteiger partial charge in [0, 0.05) is 31.2 Å². The zero-order valence-electron chi connectivity index (χ0n) is 17.6. The molecule has 5 nitrogen and oxygen atoms in total. The van der Waals surface area contributed by atoms with Crippen molar-refractivity contribution in [1.82, 2.24) is 15.5 Å². The van der Waals surface area contributed by atoms with Crippen molar-refractivity contribution in [3.63, 3.8) is 0 Å². The van der Waals surface area contributed by atoms with Gasteiger partial charge in [0.1, 0.15) is 11.9 Å². The second-order valence-electron chi connectivity index (χ2n) is 8.35. The molecule has 1 atom stereocenters. The fourth-order valence-corrected chi connectivity index (χ4v) is 4.53. The fraction of sp³-hybridized carbons (Fsp3) is 0.458. The van der Waals surface area contributed by atoms with Crippen LogP contribution < -0.4 is 15.4 Å². The zero-order chi connectivity index (χ0) is 21.6. The van der Waals surface area contributed by atoms with Gasteiger partial charge >= 0.3 is 0 Å².